The number of nitro groups is 1. The van der Waals surface area contributed by atoms with Crippen molar-refractivity contribution in [3.05, 3.63) is 34.4 Å². The number of hydrogen-bond donors (Lipinski definition) is 1. The van der Waals surface area contributed by atoms with Gasteiger partial charge in [-0.15, -0.1) is 0 Å². The Morgan fingerprint density at radius 3 is 2.62 bits per heavy atom. The quantitative estimate of drug-likeness (QED) is 0.632. The Morgan fingerprint density at radius 1 is 1.38 bits per heavy atom. The third-order valence-corrected chi connectivity index (χ3v) is 5.03. The number of rotatable bonds is 6. The first-order valence-corrected chi connectivity index (χ1v) is 8.40. The summed E-state index contributed by atoms with van der Waals surface area (Å²) in [4.78, 5) is 12.3. The minimum Gasteiger partial charge on any atom is -0.302 e. The van der Waals surface area contributed by atoms with E-state index in [1.165, 1.54) is 24.3 Å². The van der Waals surface area contributed by atoms with Gasteiger partial charge in [-0.25, -0.2) is 13.1 Å². The molecule has 0 unspecified atom stereocenters. The van der Waals surface area contributed by atoms with Gasteiger partial charge in [-0.2, -0.15) is 0 Å². The van der Waals surface area contributed by atoms with Crippen molar-refractivity contribution in [1.29, 1.82) is 0 Å². The smallest absolute Gasteiger partial charge is 0.269 e. The van der Waals surface area contributed by atoms with Crippen molar-refractivity contribution >= 4 is 15.7 Å². The maximum absolute atomic E-state index is 12.2. The molecule has 0 amide bonds. The fraction of sp³-hybridized carbons (Fsp3) is 0.538. The van der Waals surface area contributed by atoms with Gasteiger partial charge in [-0.3, -0.25) is 10.1 Å². The van der Waals surface area contributed by atoms with Gasteiger partial charge in [-0.05, 0) is 38.1 Å². The molecule has 2 rings (SSSR count). The minimum absolute atomic E-state index is 0.0574. The fourth-order valence-electron chi connectivity index (χ4n) is 2.48. The third-order valence-electron chi connectivity index (χ3n) is 3.49. The van der Waals surface area contributed by atoms with Crippen molar-refractivity contribution < 1.29 is 13.3 Å². The first-order chi connectivity index (χ1) is 9.92. The zero-order valence-corrected chi connectivity index (χ0v) is 12.7. The second kappa shape index (κ2) is 6.50. The molecular formula is C13H19N3O4S. The van der Waals surface area contributed by atoms with Gasteiger partial charge in [0.15, 0.2) is 0 Å². The molecule has 21 heavy (non-hydrogen) atoms. The normalized spacial score (nSPS) is 19.8. The van der Waals surface area contributed by atoms with Crippen molar-refractivity contribution in [1.82, 2.24) is 9.62 Å². The van der Waals surface area contributed by atoms with Gasteiger partial charge in [0, 0.05) is 24.7 Å². The summed E-state index contributed by atoms with van der Waals surface area (Å²) < 4.78 is 27.1. The minimum atomic E-state index is -3.62. The molecule has 1 atom stereocenters. The van der Waals surface area contributed by atoms with Crippen LogP contribution in [0.3, 0.4) is 0 Å². The maximum Gasteiger partial charge on any atom is 0.269 e. The lowest BCUT2D eigenvalue weighted by Crippen LogP contribution is -2.37. The van der Waals surface area contributed by atoms with Crippen molar-refractivity contribution in [2.24, 2.45) is 0 Å². The molecule has 1 saturated heterocycles. The van der Waals surface area contributed by atoms with E-state index in [4.69, 9.17) is 0 Å². The van der Waals surface area contributed by atoms with Gasteiger partial charge in [0.05, 0.1) is 9.82 Å². The second-order valence-corrected chi connectivity index (χ2v) is 6.87. The number of nitrogens with one attached hydrogen (secondary N) is 1. The average Bonchev–Trinajstić information content (AvgIpc) is 2.86. The average molecular weight is 313 g/mol. The summed E-state index contributed by atoms with van der Waals surface area (Å²) in [6.07, 6.45) is 1.83. The molecule has 1 heterocycles. The van der Waals surface area contributed by atoms with E-state index in [1.807, 2.05) is 0 Å². The Labute approximate surface area is 124 Å². The maximum atomic E-state index is 12.2. The number of likely N-dealkylation sites (tertiary alicyclic amines) is 1. The van der Waals surface area contributed by atoms with E-state index in [0.29, 0.717) is 6.54 Å². The molecule has 0 radical (unpaired) electrons. The van der Waals surface area contributed by atoms with E-state index in [1.54, 1.807) is 0 Å². The van der Waals surface area contributed by atoms with Gasteiger partial charge in [0.1, 0.15) is 0 Å². The highest BCUT2D eigenvalue weighted by Gasteiger charge is 2.26. The van der Waals surface area contributed by atoms with Gasteiger partial charge < -0.3 is 4.90 Å². The van der Waals surface area contributed by atoms with E-state index < -0.39 is 14.9 Å². The Hall–Kier alpha value is -1.51. The molecule has 1 aromatic rings. The number of nitro benzene ring substituents is 1. The summed E-state index contributed by atoms with van der Waals surface area (Å²) in [6, 6.07) is 4.83. The van der Waals surface area contributed by atoms with E-state index in [0.717, 1.165) is 25.9 Å². The lowest BCUT2D eigenvalue weighted by Gasteiger charge is -2.15. The highest BCUT2D eigenvalue weighted by Crippen LogP contribution is 2.18. The zero-order valence-electron chi connectivity index (χ0n) is 11.9. The Bertz CT molecular complexity index is 600. The molecule has 1 aliphatic rings. The lowest BCUT2D eigenvalue weighted by atomic mass is 10.3. The van der Waals surface area contributed by atoms with Crippen molar-refractivity contribution in [2.45, 2.75) is 30.7 Å². The Balaban J connectivity index is 2.03. The van der Waals surface area contributed by atoms with Crippen LogP contribution in [-0.4, -0.2) is 43.9 Å². The number of non-ortho nitro benzene ring substituents is 1. The summed E-state index contributed by atoms with van der Waals surface area (Å²) in [5.74, 6) is 0. The number of nitrogens with zero attached hydrogens (tertiary/aromatic N) is 2. The van der Waals surface area contributed by atoms with Crippen LogP contribution in [0.4, 0.5) is 5.69 Å². The fourth-order valence-corrected chi connectivity index (χ4v) is 3.74. The molecular weight excluding hydrogens is 294 g/mol. The van der Waals surface area contributed by atoms with Crippen LogP contribution < -0.4 is 4.72 Å². The molecule has 1 aromatic carbocycles. The van der Waals surface area contributed by atoms with E-state index in [-0.39, 0.29) is 16.6 Å². The predicted octanol–water partition coefficient (Wildman–Crippen LogP) is 1.36. The highest BCUT2D eigenvalue weighted by atomic mass is 32.2. The SMILES string of the molecule is CCCN1CC[C@@H](NS(=O)(=O)c2ccc([N+](=O)[O-])cc2)C1. The largest absolute Gasteiger partial charge is 0.302 e. The van der Waals surface area contributed by atoms with Crippen LogP contribution in [0, 0.1) is 10.1 Å². The Kier molecular flexibility index (Phi) is 4.92. The van der Waals surface area contributed by atoms with Crippen LogP contribution in [0.1, 0.15) is 19.8 Å². The van der Waals surface area contributed by atoms with Crippen LogP contribution in [0.2, 0.25) is 0 Å². The Morgan fingerprint density at radius 2 is 2.05 bits per heavy atom. The molecule has 0 aromatic heterocycles. The van der Waals surface area contributed by atoms with E-state index in [9.17, 15) is 18.5 Å². The van der Waals surface area contributed by atoms with E-state index >= 15 is 0 Å². The second-order valence-electron chi connectivity index (χ2n) is 5.16. The topological polar surface area (TPSA) is 92.6 Å². The van der Waals surface area contributed by atoms with Crippen LogP contribution in [0.25, 0.3) is 0 Å². The van der Waals surface area contributed by atoms with Crippen molar-refractivity contribution in [3.8, 4) is 0 Å². The van der Waals surface area contributed by atoms with Crippen molar-refractivity contribution in [3.63, 3.8) is 0 Å². The summed E-state index contributed by atoms with van der Waals surface area (Å²) in [5.41, 5.74) is -0.121. The highest BCUT2D eigenvalue weighted by molar-refractivity contribution is 7.89. The zero-order chi connectivity index (χ0) is 15.5. The number of hydrogen-bond acceptors (Lipinski definition) is 5. The molecule has 1 fully saturated rings. The summed E-state index contributed by atoms with van der Waals surface area (Å²) in [5, 5.41) is 10.6. The number of sulfonamides is 1. The summed E-state index contributed by atoms with van der Waals surface area (Å²) in [7, 11) is -3.62. The lowest BCUT2D eigenvalue weighted by molar-refractivity contribution is -0.384. The molecule has 0 spiro atoms. The van der Waals surface area contributed by atoms with Crippen LogP contribution in [0.5, 0.6) is 0 Å². The number of benzene rings is 1. The van der Waals surface area contributed by atoms with Crippen LogP contribution in [0.15, 0.2) is 29.2 Å². The molecule has 0 saturated carbocycles. The molecule has 1 N–H and O–H groups in total. The monoisotopic (exact) mass is 313 g/mol. The molecule has 7 nitrogen and oxygen atoms in total. The molecule has 0 bridgehead atoms. The first-order valence-electron chi connectivity index (χ1n) is 6.91. The standard InChI is InChI=1S/C13H19N3O4S/c1-2-8-15-9-7-11(10-15)14-21(19,20)13-5-3-12(4-6-13)16(17)18/h3-6,11,14H,2,7-10H2,1H3/t11-/m1/s1. The van der Waals surface area contributed by atoms with Crippen LogP contribution >= 0.6 is 0 Å². The molecule has 8 heteroatoms. The van der Waals surface area contributed by atoms with Gasteiger partial charge in [0.2, 0.25) is 10.0 Å². The molecule has 1 aliphatic heterocycles. The van der Waals surface area contributed by atoms with E-state index in [2.05, 4.69) is 16.5 Å². The van der Waals surface area contributed by atoms with Gasteiger partial charge in [-0.1, -0.05) is 6.92 Å². The first kappa shape index (κ1) is 15.9. The van der Waals surface area contributed by atoms with Crippen molar-refractivity contribution in [2.75, 3.05) is 19.6 Å². The van der Waals surface area contributed by atoms with Crippen LogP contribution in [-0.2, 0) is 10.0 Å². The van der Waals surface area contributed by atoms with Gasteiger partial charge >= 0.3 is 0 Å². The summed E-state index contributed by atoms with van der Waals surface area (Å²) in [6.45, 7) is 4.66. The molecule has 116 valence electrons. The third kappa shape index (κ3) is 3.99. The van der Waals surface area contributed by atoms with Gasteiger partial charge in [0.25, 0.3) is 5.69 Å². The predicted molar refractivity (Wildman–Crippen MR) is 78.6 cm³/mol. The molecule has 0 aliphatic carbocycles. The summed E-state index contributed by atoms with van der Waals surface area (Å²) >= 11 is 0.